The molecule has 0 heterocycles. The van der Waals surface area contributed by atoms with Crippen LogP contribution in [0.15, 0.2) is 73.8 Å². The lowest BCUT2D eigenvalue weighted by Gasteiger charge is -2.09. The number of hydrogen-bond acceptors (Lipinski definition) is 2. The van der Waals surface area contributed by atoms with Gasteiger partial charge in [0.15, 0.2) is 5.78 Å². The molecule has 0 fully saturated rings. The number of Topliss-reactive ketones (excluding diaryl/α,β-unsaturated/α-hetero) is 1. The quantitative estimate of drug-likeness (QED) is 0.659. The van der Waals surface area contributed by atoms with Gasteiger partial charge in [-0.1, -0.05) is 60.7 Å². The van der Waals surface area contributed by atoms with Crippen LogP contribution in [0.1, 0.15) is 22.0 Å². The highest BCUT2D eigenvalue weighted by Crippen LogP contribution is 2.17. The van der Waals surface area contributed by atoms with Crippen molar-refractivity contribution in [3.8, 4) is 0 Å². The summed E-state index contributed by atoms with van der Waals surface area (Å²) in [6.07, 6.45) is -1.08. The predicted molar refractivity (Wildman–Crippen MR) is 73.4 cm³/mol. The summed E-state index contributed by atoms with van der Waals surface area (Å²) < 4.78 is 0. The van der Waals surface area contributed by atoms with Gasteiger partial charge in [0.2, 0.25) is 0 Å². The second-order valence-corrected chi connectivity index (χ2v) is 3.54. The van der Waals surface area contributed by atoms with Crippen molar-refractivity contribution in [2.75, 3.05) is 0 Å². The van der Waals surface area contributed by atoms with Crippen molar-refractivity contribution in [2.24, 2.45) is 0 Å². The molecule has 2 rings (SSSR count). The van der Waals surface area contributed by atoms with Crippen LogP contribution < -0.4 is 0 Å². The van der Waals surface area contributed by atoms with Crippen molar-refractivity contribution in [2.45, 2.75) is 6.10 Å². The van der Waals surface area contributed by atoms with E-state index in [4.69, 9.17) is 0 Å². The Bertz CT molecular complexity index is 477. The summed E-state index contributed by atoms with van der Waals surface area (Å²) in [6.45, 7) is 6.00. The fourth-order valence-electron chi connectivity index (χ4n) is 1.55. The van der Waals surface area contributed by atoms with Crippen LogP contribution in [0.3, 0.4) is 0 Å². The second kappa shape index (κ2) is 7.20. The Balaban J connectivity index is 0.000000771. The normalized spacial score (nSPS) is 10.9. The molecule has 1 unspecified atom stereocenters. The van der Waals surface area contributed by atoms with E-state index in [9.17, 15) is 9.90 Å². The fraction of sp³-hybridized carbons (Fsp3) is 0.0625. The number of benzene rings is 2. The van der Waals surface area contributed by atoms with E-state index in [0.29, 0.717) is 11.1 Å². The highest BCUT2D eigenvalue weighted by Gasteiger charge is 2.18. The molecule has 0 bridgehead atoms. The molecular weight excluding hydrogens is 224 g/mol. The van der Waals surface area contributed by atoms with Crippen molar-refractivity contribution in [3.63, 3.8) is 0 Å². The number of ketones is 1. The smallest absolute Gasteiger partial charge is 0.195 e. The molecule has 0 aliphatic heterocycles. The highest BCUT2D eigenvalue weighted by atomic mass is 16.3. The third kappa shape index (κ3) is 3.40. The topological polar surface area (TPSA) is 37.3 Å². The molecule has 18 heavy (non-hydrogen) atoms. The average molecular weight is 240 g/mol. The van der Waals surface area contributed by atoms with Gasteiger partial charge in [-0.25, -0.2) is 0 Å². The van der Waals surface area contributed by atoms with Crippen LogP contribution in [0.2, 0.25) is 0 Å². The first-order valence-electron chi connectivity index (χ1n) is 5.61. The van der Waals surface area contributed by atoms with Crippen molar-refractivity contribution in [3.05, 3.63) is 84.9 Å². The molecule has 2 heteroatoms. The molecule has 0 aliphatic carbocycles. The van der Waals surface area contributed by atoms with Gasteiger partial charge in [-0.15, -0.1) is 13.2 Å². The van der Waals surface area contributed by atoms with E-state index < -0.39 is 6.10 Å². The molecular formula is C16H16O2. The fourth-order valence-corrected chi connectivity index (χ4v) is 1.55. The van der Waals surface area contributed by atoms with Crippen LogP contribution in [0.5, 0.6) is 0 Å². The van der Waals surface area contributed by atoms with Crippen LogP contribution in [-0.4, -0.2) is 10.9 Å². The summed E-state index contributed by atoms with van der Waals surface area (Å²) in [5, 5.41) is 9.89. The molecule has 2 aromatic carbocycles. The zero-order chi connectivity index (χ0) is 13.4. The van der Waals surface area contributed by atoms with Crippen LogP contribution in [0.25, 0.3) is 0 Å². The van der Waals surface area contributed by atoms with Crippen molar-refractivity contribution < 1.29 is 9.90 Å². The lowest BCUT2D eigenvalue weighted by molar-refractivity contribution is 0.0747. The van der Waals surface area contributed by atoms with Gasteiger partial charge in [0.25, 0.3) is 0 Å². The molecule has 0 saturated carbocycles. The average Bonchev–Trinajstić information content (AvgIpc) is 2.49. The number of aliphatic hydroxyl groups excluding tert-OH is 1. The molecule has 0 amide bonds. The maximum atomic E-state index is 11.9. The number of aliphatic hydroxyl groups is 1. The van der Waals surface area contributed by atoms with E-state index >= 15 is 0 Å². The summed E-state index contributed by atoms with van der Waals surface area (Å²) in [6, 6.07) is 17.7. The molecule has 2 nitrogen and oxygen atoms in total. The Labute approximate surface area is 107 Å². The third-order valence-corrected chi connectivity index (χ3v) is 2.42. The summed E-state index contributed by atoms with van der Waals surface area (Å²) >= 11 is 0. The summed E-state index contributed by atoms with van der Waals surface area (Å²) in [5.41, 5.74) is 1.15. The number of carbonyl (C=O) groups is 1. The Morgan fingerprint density at radius 2 is 1.33 bits per heavy atom. The molecule has 1 atom stereocenters. The monoisotopic (exact) mass is 240 g/mol. The summed E-state index contributed by atoms with van der Waals surface area (Å²) in [5.74, 6) is -0.271. The Morgan fingerprint density at radius 1 is 0.889 bits per heavy atom. The Hall–Kier alpha value is -2.19. The SMILES string of the molecule is C=C.O=C(c1ccccc1)C(O)c1ccccc1. The van der Waals surface area contributed by atoms with Gasteiger partial charge in [-0.3, -0.25) is 4.79 Å². The highest BCUT2D eigenvalue weighted by molar-refractivity contribution is 5.99. The summed E-state index contributed by atoms with van der Waals surface area (Å²) in [4.78, 5) is 11.9. The molecule has 0 aromatic heterocycles. The molecule has 1 N–H and O–H groups in total. The largest absolute Gasteiger partial charge is 0.380 e. The maximum Gasteiger partial charge on any atom is 0.195 e. The number of carbonyl (C=O) groups excluding carboxylic acids is 1. The van der Waals surface area contributed by atoms with Crippen molar-refractivity contribution >= 4 is 5.78 Å². The maximum absolute atomic E-state index is 11.9. The van der Waals surface area contributed by atoms with Gasteiger partial charge >= 0.3 is 0 Å². The van der Waals surface area contributed by atoms with Gasteiger partial charge in [0.1, 0.15) is 6.10 Å². The second-order valence-electron chi connectivity index (χ2n) is 3.54. The number of hydrogen-bond donors (Lipinski definition) is 1. The lowest BCUT2D eigenvalue weighted by Crippen LogP contribution is -2.11. The van der Waals surface area contributed by atoms with Gasteiger partial charge in [-0.05, 0) is 5.56 Å². The standard InChI is InChI=1S/C14H12O2.C2H4/c15-13(11-7-3-1-4-8-11)14(16)12-9-5-2-6-10-12;1-2/h1-10,13,15H;1-2H2. The van der Waals surface area contributed by atoms with Crippen LogP contribution in [-0.2, 0) is 0 Å². The van der Waals surface area contributed by atoms with E-state index in [1.807, 2.05) is 12.1 Å². The van der Waals surface area contributed by atoms with Gasteiger partial charge in [-0.2, -0.15) is 0 Å². The van der Waals surface area contributed by atoms with Crippen molar-refractivity contribution in [1.82, 2.24) is 0 Å². The Kier molecular flexibility index (Phi) is 5.55. The third-order valence-electron chi connectivity index (χ3n) is 2.42. The Morgan fingerprint density at radius 3 is 1.83 bits per heavy atom. The summed E-state index contributed by atoms with van der Waals surface area (Å²) in [7, 11) is 0. The molecule has 0 spiro atoms. The molecule has 92 valence electrons. The van der Waals surface area contributed by atoms with Gasteiger partial charge < -0.3 is 5.11 Å². The molecule has 0 saturated heterocycles. The van der Waals surface area contributed by atoms with E-state index in [1.165, 1.54) is 0 Å². The molecule has 0 aliphatic rings. The first kappa shape index (κ1) is 13.9. The minimum Gasteiger partial charge on any atom is -0.380 e. The molecule has 0 radical (unpaired) electrons. The predicted octanol–water partition coefficient (Wildman–Crippen LogP) is 3.41. The van der Waals surface area contributed by atoms with E-state index in [0.717, 1.165) is 0 Å². The minimum atomic E-state index is -1.08. The lowest BCUT2D eigenvalue weighted by atomic mass is 10.0. The van der Waals surface area contributed by atoms with Crippen LogP contribution >= 0.6 is 0 Å². The zero-order valence-corrected chi connectivity index (χ0v) is 10.1. The number of rotatable bonds is 3. The van der Waals surface area contributed by atoms with Crippen LogP contribution in [0.4, 0.5) is 0 Å². The zero-order valence-electron chi connectivity index (χ0n) is 10.1. The first-order valence-corrected chi connectivity index (χ1v) is 5.61. The van der Waals surface area contributed by atoms with Gasteiger partial charge in [0.05, 0.1) is 0 Å². The first-order chi connectivity index (χ1) is 8.79. The van der Waals surface area contributed by atoms with E-state index in [-0.39, 0.29) is 5.78 Å². The minimum absolute atomic E-state index is 0.271. The van der Waals surface area contributed by atoms with Gasteiger partial charge in [0, 0.05) is 5.56 Å². The molecule has 2 aromatic rings. The van der Waals surface area contributed by atoms with E-state index in [2.05, 4.69) is 13.2 Å². The van der Waals surface area contributed by atoms with Crippen LogP contribution in [0, 0.1) is 0 Å². The van der Waals surface area contributed by atoms with Crippen molar-refractivity contribution in [1.29, 1.82) is 0 Å². The van der Waals surface area contributed by atoms with E-state index in [1.54, 1.807) is 48.5 Å².